The fourth-order valence-corrected chi connectivity index (χ4v) is 1.54. The van der Waals surface area contributed by atoms with Crippen LogP contribution in [0, 0.1) is 0 Å². The average molecular weight is 206 g/mol. The van der Waals surface area contributed by atoms with Gasteiger partial charge in [0.05, 0.1) is 0 Å². The first-order valence-corrected chi connectivity index (χ1v) is 4.40. The SMILES string of the molecule is C=CCc1c(O)cc2occ(O)c2c1O. The highest BCUT2D eigenvalue weighted by molar-refractivity contribution is 5.92. The minimum atomic E-state index is -0.170. The lowest BCUT2D eigenvalue weighted by Gasteiger charge is -2.05. The summed E-state index contributed by atoms with van der Waals surface area (Å²) in [6.45, 7) is 3.52. The summed E-state index contributed by atoms with van der Waals surface area (Å²) < 4.78 is 4.95. The average Bonchev–Trinajstić information content (AvgIpc) is 2.54. The van der Waals surface area contributed by atoms with Crippen LogP contribution in [0.25, 0.3) is 11.0 Å². The van der Waals surface area contributed by atoms with Crippen molar-refractivity contribution >= 4 is 11.0 Å². The number of benzene rings is 1. The van der Waals surface area contributed by atoms with Crippen molar-refractivity contribution in [2.45, 2.75) is 6.42 Å². The summed E-state index contributed by atoms with van der Waals surface area (Å²) in [5, 5.41) is 29.0. The summed E-state index contributed by atoms with van der Waals surface area (Å²) >= 11 is 0. The van der Waals surface area contributed by atoms with Gasteiger partial charge in [-0.3, -0.25) is 0 Å². The zero-order valence-electron chi connectivity index (χ0n) is 7.90. The van der Waals surface area contributed by atoms with E-state index in [2.05, 4.69) is 6.58 Å². The van der Waals surface area contributed by atoms with Crippen molar-refractivity contribution in [3.63, 3.8) is 0 Å². The fourth-order valence-electron chi connectivity index (χ4n) is 1.54. The molecule has 0 spiro atoms. The zero-order chi connectivity index (χ0) is 11.0. The smallest absolute Gasteiger partial charge is 0.165 e. The summed E-state index contributed by atoms with van der Waals surface area (Å²) in [5.41, 5.74) is 0.574. The maximum Gasteiger partial charge on any atom is 0.165 e. The molecule has 78 valence electrons. The number of furan rings is 1. The summed E-state index contributed by atoms with van der Waals surface area (Å²) in [6.07, 6.45) is 2.98. The van der Waals surface area contributed by atoms with E-state index in [4.69, 9.17) is 4.42 Å². The Morgan fingerprint density at radius 3 is 2.67 bits per heavy atom. The van der Waals surface area contributed by atoms with Gasteiger partial charge in [-0.05, 0) is 6.42 Å². The molecule has 3 N–H and O–H groups in total. The lowest BCUT2D eigenvalue weighted by atomic mass is 10.1. The molecule has 0 aliphatic carbocycles. The Labute approximate surface area is 85.7 Å². The van der Waals surface area contributed by atoms with Crippen molar-refractivity contribution in [2.24, 2.45) is 0 Å². The molecule has 2 rings (SSSR count). The molecule has 1 aromatic heterocycles. The van der Waals surface area contributed by atoms with Crippen LogP contribution in [0.2, 0.25) is 0 Å². The van der Waals surface area contributed by atoms with E-state index in [1.165, 1.54) is 6.07 Å². The molecule has 4 heteroatoms. The molecule has 4 nitrogen and oxygen atoms in total. The standard InChI is InChI=1S/C11H10O4/c1-2-3-6-7(12)4-9-10(11(6)14)8(13)5-15-9/h2,4-5,12-14H,1,3H2. The van der Waals surface area contributed by atoms with Gasteiger partial charge in [-0.1, -0.05) is 6.08 Å². The van der Waals surface area contributed by atoms with E-state index >= 15 is 0 Å². The number of phenols is 2. The molecule has 0 aliphatic heterocycles. The number of allylic oxidation sites excluding steroid dienone is 1. The number of rotatable bonds is 2. The van der Waals surface area contributed by atoms with Gasteiger partial charge in [-0.2, -0.15) is 0 Å². The van der Waals surface area contributed by atoms with E-state index in [9.17, 15) is 15.3 Å². The number of aromatic hydroxyl groups is 3. The molecule has 0 fully saturated rings. The van der Waals surface area contributed by atoms with Crippen LogP contribution in [0.4, 0.5) is 0 Å². The molecule has 0 aliphatic rings. The highest BCUT2D eigenvalue weighted by Crippen LogP contribution is 2.41. The molecule has 0 unspecified atom stereocenters. The van der Waals surface area contributed by atoms with Crippen LogP contribution >= 0.6 is 0 Å². The van der Waals surface area contributed by atoms with Gasteiger partial charge in [-0.15, -0.1) is 6.58 Å². The van der Waals surface area contributed by atoms with E-state index < -0.39 is 0 Å². The summed E-state index contributed by atoms with van der Waals surface area (Å²) in [7, 11) is 0. The molecule has 0 radical (unpaired) electrons. The Hall–Kier alpha value is -2.10. The molecule has 0 amide bonds. The lowest BCUT2D eigenvalue weighted by Crippen LogP contribution is -1.84. The van der Waals surface area contributed by atoms with Gasteiger partial charge in [0.15, 0.2) is 5.75 Å². The molecule has 0 atom stereocenters. The Kier molecular flexibility index (Phi) is 2.04. The van der Waals surface area contributed by atoms with Crippen LogP contribution in [-0.4, -0.2) is 15.3 Å². The van der Waals surface area contributed by atoms with E-state index in [-0.39, 0.29) is 28.2 Å². The Morgan fingerprint density at radius 1 is 1.27 bits per heavy atom. The Balaban J connectivity index is 2.80. The third-order valence-corrected chi connectivity index (χ3v) is 2.25. The van der Waals surface area contributed by atoms with Crippen LogP contribution < -0.4 is 0 Å². The highest BCUT2D eigenvalue weighted by atomic mass is 16.4. The largest absolute Gasteiger partial charge is 0.507 e. The second kappa shape index (κ2) is 3.24. The first-order valence-electron chi connectivity index (χ1n) is 4.40. The van der Waals surface area contributed by atoms with Gasteiger partial charge >= 0.3 is 0 Å². The number of hydrogen-bond donors (Lipinski definition) is 3. The van der Waals surface area contributed by atoms with Gasteiger partial charge < -0.3 is 19.7 Å². The Morgan fingerprint density at radius 2 is 2.00 bits per heavy atom. The fraction of sp³-hybridized carbons (Fsp3) is 0.0909. The second-order valence-electron chi connectivity index (χ2n) is 3.21. The molecule has 1 heterocycles. The molecule has 1 aromatic carbocycles. The van der Waals surface area contributed by atoms with E-state index in [0.717, 1.165) is 6.26 Å². The normalized spacial score (nSPS) is 10.7. The van der Waals surface area contributed by atoms with Crippen molar-refractivity contribution in [3.8, 4) is 17.2 Å². The molecule has 0 bridgehead atoms. The first-order chi connectivity index (χ1) is 7.15. The van der Waals surface area contributed by atoms with Gasteiger partial charge in [0.25, 0.3) is 0 Å². The summed E-state index contributed by atoms with van der Waals surface area (Å²) in [5.74, 6) is -0.391. The van der Waals surface area contributed by atoms with Crippen molar-refractivity contribution < 1.29 is 19.7 Å². The third-order valence-electron chi connectivity index (χ3n) is 2.25. The van der Waals surface area contributed by atoms with E-state index in [1.807, 2.05) is 0 Å². The molecular formula is C11H10O4. The van der Waals surface area contributed by atoms with Crippen molar-refractivity contribution in [2.75, 3.05) is 0 Å². The number of phenolic OH excluding ortho intramolecular Hbond substituents is 2. The quantitative estimate of drug-likeness (QED) is 0.659. The van der Waals surface area contributed by atoms with Gasteiger partial charge in [0, 0.05) is 11.6 Å². The second-order valence-corrected chi connectivity index (χ2v) is 3.21. The lowest BCUT2D eigenvalue weighted by molar-refractivity contribution is 0.442. The molecule has 0 saturated carbocycles. The van der Waals surface area contributed by atoms with Crippen LogP contribution in [0.5, 0.6) is 17.2 Å². The third kappa shape index (κ3) is 1.30. The molecular weight excluding hydrogens is 196 g/mol. The molecule has 15 heavy (non-hydrogen) atoms. The maximum absolute atomic E-state index is 9.80. The van der Waals surface area contributed by atoms with Crippen LogP contribution in [-0.2, 0) is 6.42 Å². The van der Waals surface area contributed by atoms with Crippen LogP contribution in [0.3, 0.4) is 0 Å². The molecule has 0 saturated heterocycles. The predicted molar refractivity (Wildman–Crippen MR) is 55.1 cm³/mol. The van der Waals surface area contributed by atoms with E-state index in [1.54, 1.807) is 6.08 Å². The number of hydrogen-bond acceptors (Lipinski definition) is 4. The first kappa shape index (κ1) is 9.45. The molecule has 2 aromatic rings. The van der Waals surface area contributed by atoms with Crippen molar-refractivity contribution in [1.29, 1.82) is 0 Å². The van der Waals surface area contributed by atoms with Gasteiger partial charge in [-0.25, -0.2) is 0 Å². The van der Waals surface area contributed by atoms with Crippen molar-refractivity contribution in [1.82, 2.24) is 0 Å². The summed E-state index contributed by atoms with van der Waals surface area (Å²) in [6, 6.07) is 1.35. The topological polar surface area (TPSA) is 73.8 Å². The van der Waals surface area contributed by atoms with Gasteiger partial charge in [0.2, 0.25) is 0 Å². The van der Waals surface area contributed by atoms with Crippen molar-refractivity contribution in [3.05, 3.63) is 30.5 Å². The monoisotopic (exact) mass is 206 g/mol. The number of fused-ring (bicyclic) bond motifs is 1. The van der Waals surface area contributed by atoms with Crippen LogP contribution in [0.15, 0.2) is 29.4 Å². The summed E-state index contributed by atoms with van der Waals surface area (Å²) in [4.78, 5) is 0. The Bertz CT molecular complexity index is 525. The van der Waals surface area contributed by atoms with E-state index in [0.29, 0.717) is 12.0 Å². The maximum atomic E-state index is 9.80. The minimum Gasteiger partial charge on any atom is -0.507 e. The predicted octanol–water partition coefficient (Wildman–Crippen LogP) is 2.28. The van der Waals surface area contributed by atoms with Gasteiger partial charge in [0.1, 0.15) is 28.7 Å². The minimum absolute atomic E-state index is 0.0748. The zero-order valence-corrected chi connectivity index (χ0v) is 7.90. The van der Waals surface area contributed by atoms with Crippen LogP contribution in [0.1, 0.15) is 5.56 Å². The highest BCUT2D eigenvalue weighted by Gasteiger charge is 2.16.